The maximum absolute atomic E-state index is 10.4. The lowest BCUT2D eigenvalue weighted by Crippen LogP contribution is -2.58. The summed E-state index contributed by atoms with van der Waals surface area (Å²) < 4.78 is 30.8. The Labute approximate surface area is 172 Å². The Hall–Kier alpha value is 0.394. The minimum absolute atomic E-state index is 0.277. The predicted octanol–water partition coefficient (Wildman–Crippen LogP) is 5.01. The molecule has 27 heavy (non-hydrogen) atoms. The second-order valence-electron chi connectivity index (χ2n) is 10.2. The van der Waals surface area contributed by atoms with Crippen molar-refractivity contribution in [2.24, 2.45) is 5.92 Å². The van der Waals surface area contributed by atoms with Crippen molar-refractivity contribution in [2.75, 3.05) is 6.61 Å². The van der Waals surface area contributed by atoms with Crippen molar-refractivity contribution in [1.82, 2.24) is 0 Å². The summed E-state index contributed by atoms with van der Waals surface area (Å²) in [5, 5.41) is 0. The van der Waals surface area contributed by atoms with Crippen molar-refractivity contribution in [3.63, 3.8) is 0 Å². The second kappa shape index (κ2) is 9.93. The third-order valence-electron chi connectivity index (χ3n) is 3.35. The normalized spacial score (nSPS) is 15.6. The molecule has 0 rings (SSSR count). The molecule has 0 aliphatic rings. The summed E-state index contributed by atoms with van der Waals surface area (Å²) >= 11 is 0. The SMILES string of the molecule is CC(COC=O)C[Si](C)(C)O[Si](C)(C)O[Si](C)(C)O[Si](C)(C)O[Si](C)(C)C. The molecule has 0 amide bonds. The highest BCUT2D eigenvalue weighted by Gasteiger charge is 2.45. The Morgan fingerprint density at radius 1 is 0.704 bits per heavy atom. The molecular formula is C16H42O6Si5. The zero-order chi connectivity index (χ0) is 21.7. The van der Waals surface area contributed by atoms with E-state index in [2.05, 4.69) is 78.9 Å². The lowest BCUT2D eigenvalue weighted by molar-refractivity contribution is -0.129. The number of ether oxygens (including phenoxy) is 1. The molecule has 0 aromatic rings. The van der Waals surface area contributed by atoms with Crippen molar-refractivity contribution in [1.29, 1.82) is 0 Å². The molecule has 0 spiro atoms. The van der Waals surface area contributed by atoms with Gasteiger partial charge in [0.05, 0.1) is 6.61 Å². The van der Waals surface area contributed by atoms with Crippen LogP contribution in [0.4, 0.5) is 0 Å². The first-order valence-corrected chi connectivity index (χ1v) is 24.6. The van der Waals surface area contributed by atoms with Gasteiger partial charge in [-0.2, -0.15) is 0 Å². The smallest absolute Gasteiger partial charge is 0.314 e. The van der Waals surface area contributed by atoms with Gasteiger partial charge in [0.1, 0.15) is 0 Å². The number of carbonyl (C=O) groups is 1. The van der Waals surface area contributed by atoms with Gasteiger partial charge in [-0.3, -0.25) is 4.79 Å². The van der Waals surface area contributed by atoms with Gasteiger partial charge in [0.25, 0.3) is 6.47 Å². The van der Waals surface area contributed by atoms with Crippen molar-refractivity contribution < 1.29 is 26.0 Å². The Morgan fingerprint density at radius 2 is 1.11 bits per heavy atom. The van der Waals surface area contributed by atoms with E-state index < -0.39 is 42.3 Å². The molecule has 6 nitrogen and oxygen atoms in total. The van der Waals surface area contributed by atoms with E-state index in [0.29, 0.717) is 13.1 Å². The molecule has 1 atom stereocenters. The summed E-state index contributed by atoms with van der Waals surface area (Å²) in [5.41, 5.74) is 0. The van der Waals surface area contributed by atoms with Crippen LogP contribution in [0.25, 0.3) is 0 Å². The maximum Gasteiger partial charge on any atom is 0.314 e. The van der Waals surface area contributed by atoms with Crippen LogP contribution in [0.5, 0.6) is 0 Å². The number of hydrogen-bond donors (Lipinski definition) is 0. The van der Waals surface area contributed by atoms with Gasteiger partial charge >= 0.3 is 25.7 Å². The molecule has 11 heteroatoms. The number of carbonyl (C=O) groups excluding carboxylic acids is 1. The van der Waals surface area contributed by atoms with Gasteiger partial charge in [-0.1, -0.05) is 6.92 Å². The third kappa shape index (κ3) is 14.1. The second-order valence-corrected chi connectivity index (χ2v) is 30.0. The van der Waals surface area contributed by atoms with Crippen LogP contribution in [0.1, 0.15) is 6.92 Å². The van der Waals surface area contributed by atoms with E-state index in [1.54, 1.807) is 0 Å². The minimum Gasteiger partial charge on any atom is -0.468 e. The number of hydrogen-bond acceptors (Lipinski definition) is 6. The lowest BCUT2D eigenvalue weighted by atomic mass is 10.2. The average molecular weight is 471 g/mol. The molecule has 0 saturated heterocycles. The highest BCUT2D eigenvalue weighted by molar-refractivity contribution is 6.90. The van der Waals surface area contributed by atoms with Gasteiger partial charge in [-0.25, -0.2) is 0 Å². The zero-order valence-corrected chi connectivity index (χ0v) is 24.5. The Bertz CT molecular complexity index is 476. The quantitative estimate of drug-likeness (QED) is 0.278. The molecule has 162 valence electrons. The monoisotopic (exact) mass is 470 g/mol. The van der Waals surface area contributed by atoms with Gasteiger partial charge in [-0.15, -0.1) is 0 Å². The summed E-state index contributed by atoms with van der Waals surface area (Å²) in [5.74, 6) is 0.277. The van der Waals surface area contributed by atoms with E-state index >= 15 is 0 Å². The van der Waals surface area contributed by atoms with E-state index in [1.807, 2.05) is 0 Å². The Kier molecular flexibility index (Phi) is 10.1. The fourth-order valence-electron chi connectivity index (χ4n) is 3.79. The van der Waals surface area contributed by atoms with E-state index in [-0.39, 0.29) is 5.92 Å². The van der Waals surface area contributed by atoms with Gasteiger partial charge in [0.2, 0.25) is 0 Å². The molecule has 0 aliphatic carbocycles. The Balaban J connectivity index is 4.93. The molecule has 0 fully saturated rings. The predicted molar refractivity (Wildman–Crippen MR) is 124 cm³/mol. The minimum atomic E-state index is -2.39. The van der Waals surface area contributed by atoms with Crippen molar-refractivity contribution in [2.45, 2.75) is 85.0 Å². The van der Waals surface area contributed by atoms with Crippen LogP contribution < -0.4 is 0 Å². The largest absolute Gasteiger partial charge is 0.468 e. The van der Waals surface area contributed by atoms with Crippen LogP contribution in [0, 0.1) is 5.92 Å². The summed E-state index contributed by atoms with van der Waals surface area (Å²) in [6, 6.07) is 0.919. The number of rotatable bonds is 13. The molecular weight excluding hydrogens is 429 g/mol. The topological polar surface area (TPSA) is 63.2 Å². The van der Waals surface area contributed by atoms with Crippen molar-refractivity contribution >= 4 is 48.8 Å². The summed E-state index contributed by atoms with van der Waals surface area (Å²) in [6.45, 7) is 26.6. The molecule has 0 bridgehead atoms. The molecule has 0 aliphatic heterocycles. The van der Waals surface area contributed by atoms with Crippen LogP contribution in [0.15, 0.2) is 0 Å². The molecule has 0 radical (unpaired) electrons. The molecule has 0 aromatic carbocycles. The van der Waals surface area contributed by atoms with Gasteiger partial charge in [0, 0.05) is 0 Å². The fraction of sp³-hybridized carbons (Fsp3) is 0.938. The first kappa shape index (κ1) is 27.4. The third-order valence-corrected chi connectivity index (χ3v) is 21.5. The molecule has 0 heterocycles. The van der Waals surface area contributed by atoms with Crippen LogP contribution in [-0.4, -0.2) is 55.4 Å². The highest BCUT2D eigenvalue weighted by atomic mass is 28.5. The first-order valence-electron chi connectivity index (χ1n) is 9.64. The molecule has 0 N–H and O–H groups in total. The lowest BCUT2D eigenvalue weighted by Gasteiger charge is -2.42. The van der Waals surface area contributed by atoms with Gasteiger partial charge < -0.3 is 21.2 Å². The van der Waals surface area contributed by atoms with Crippen LogP contribution in [0.3, 0.4) is 0 Å². The summed E-state index contributed by atoms with van der Waals surface area (Å²) in [6.07, 6.45) is 0. The van der Waals surface area contributed by atoms with E-state index in [1.165, 1.54) is 0 Å². The van der Waals surface area contributed by atoms with E-state index in [0.717, 1.165) is 6.04 Å². The maximum atomic E-state index is 10.4. The van der Waals surface area contributed by atoms with Crippen LogP contribution in [0.2, 0.25) is 78.1 Å². The van der Waals surface area contributed by atoms with Crippen LogP contribution in [-0.2, 0) is 26.0 Å². The fourth-order valence-corrected chi connectivity index (χ4v) is 28.2. The van der Waals surface area contributed by atoms with E-state index in [9.17, 15) is 4.79 Å². The van der Waals surface area contributed by atoms with Crippen molar-refractivity contribution in [3.8, 4) is 0 Å². The summed E-state index contributed by atoms with van der Waals surface area (Å²) in [4.78, 5) is 10.4. The molecule has 0 aromatic heterocycles. The first-order chi connectivity index (χ1) is 11.8. The molecule has 1 unspecified atom stereocenters. The van der Waals surface area contributed by atoms with Gasteiger partial charge in [-0.05, 0) is 84.0 Å². The van der Waals surface area contributed by atoms with Crippen molar-refractivity contribution in [3.05, 3.63) is 0 Å². The molecule has 0 saturated carbocycles. The summed E-state index contributed by atoms with van der Waals surface area (Å²) in [7, 11) is -10.6. The highest BCUT2D eigenvalue weighted by Crippen LogP contribution is 2.28. The zero-order valence-electron chi connectivity index (χ0n) is 19.5. The Morgan fingerprint density at radius 3 is 1.52 bits per heavy atom. The van der Waals surface area contributed by atoms with Gasteiger partial charge in [0.15, 0.2) is 16.6 Å². The van der Waals surface area contributed by atoms with E-state index in [4.69, 9.17) is 21.2 Å². The average Bonchev–Trinajstić information content (AvgIpc) is 2.26. The standard InChI is InChI=1S/C16H42O6Si5/c1-16(13-18-15-17)14-24(5,6)20-26(9,10)22-27(11,12)21-25(7,8)19-23(2,3)4/h15-16H,13-14H2,1-12H3. The van der Waals surface area contributed by atoms with Crippen LogP contribution >= 0.6 is 0 Å².